The van der Waals surface area contributed by atoms with Crippen molar-refractivity contribution in [3.8, 4) is 11.4 Å². The van der Waals surface area contributed by atoms with Gasteiger partial charge in [-0.25, -0.2) is 4.39 Å². The fraction of sp³-hybridized carbons (Fsp3) is 0.273. The minimum atomic E-state index is -0.489. The van der Waals surface area contributed by atoms with E-state index in [0.29, 0.717) is 23.8 Å². The van der Waals surface area contributed by atoms with Gasteiger partial charge in [-0.1, -0.05) is 17.7 Å². The van der Waals surface area contributed by atoms with Crippen molar-refractivity contribution in [3.05, 3.63) is 34.9 Å². The summed E-state index contributed by atoms with van der Waals surface area (Å²) in [7, 11) is 0. The maximum Gasteiger partial charge on any atom is 0.167 e. The molecule has 1 aromatic carbocycles. The van der Waals surface area contributed by atoms with Crippen molar-refractivity contribution >= 4 is 23.2 Å². The lowest BCUT2D eigenvalue weighted by molar-refractivity contribution is 0.627. The average molecular weight is 274 g/mol. The molecule has 90 valence electrons. The van der Waals surface area contributed by atoms with Crippen molar-refractivity contribution in [1.29, 1.82) is 0 Å². The second-order valence-corrected chi connectivity index (χ2v) is 4.09. The highest BCUT2D eigenvalue weighted by Gasteiger charge is 2.16. The van der Waals surface area contributed by atoms with Gasteiger partial charge in [0.25, 0.3) is 0 Å². The summed E-state index contributed by atoms with van der Waals surface area (Å²) in [6.45, 7) is 2.54. The summed E-state index contributed by atoms with van der Waals surface area (Å²) in [5.41, 5.74) is 0.336. The first kappa shape index (κ1) is 12.3. The second-order valence-electron chi connectivity index (χ2n) is 3.42. The maximum absolute atomic E-state index is 13.9. The summed E-state index contributed by atoms with van der Waals surface area (Å²) in [5, 5.41) is 7.95. The van der Waals surface area contributed by atoms with Gasteiger partial charge in [-0.3, -0.25) is 0 Å². The molecule has 0 N–H and O–H groups in total. The SMILES string of the molecule is CCn1c(CCl)nnc1-c1cccc(Cl)c1F. The molecule has 2 aromatic rings. The number of hydrogen-bond donors (Lipinski definition) is 0. The second kappa shape index (κ2) is 5.02. The van der Waals surface area contributed by atoms with E-state index in [1.807, 2.05) is 6.92 Å². The van der Waals surface area contributed by atoms with E-state index in [9.17, 15) is 4.39 Å². The highest BCUT2D eigenvalue weighted by molar-refractivity contribution is 6.31. The molecule has 2 rings (SSSR count). The van der Waals surface area contributed by atoms with Gasteiger partial charge in [0.2, 0.25) is 0 Å². The molecule has 0 aliphatic rings. The van der Waals surface area contributed by atoms with Gasteiger partial charge in [0.1, 0.15) is 5.82 Å². The Balaban J connectivity index is 2.60. The van der Waals surface area contributed by atoms with Crippen LogP contribution >= 0.6 is 23.2 Å². The van der Waals surface area contributed by atoms with Gasteiger partial charge in [0.05, 0.1) is 16.5 Å². The van der Waals surface area contributed by atoms with Gasteiger partial charge in [-0.15, -0.1) is 21.8 Å². The third-order valence-corrected chi connectivity index (χ3v) is 2.99. The molecule has 0 radical (unpaired) electrons. The van der Waals surface area contributed by atoms with E-state index in [2.05, 4.69) is 10.2 Å². The lowest BCUT2D eigenvalue weighted by Crippen LogP contribution is -2.03. The molecule has 1 aromatic heterocycles. The molecule has 0 saturated heterocycles. The molecule has 6 heteroatoms. The van der Waals surface area contributed by atoms with E-state index in [-0.39, 0.29) is 10.9 Å². The Morgan fingerprint density at radius 1 is 1.35 bits per heavy atom. The predicted octanol–water partition coefficient (Wildman–Crippen LogP) is 3.50. The monoisotopic (exact) mass is 273 g/mol. The van der Waals surface area contributed by atoms with Crippen LogP contribution in [0.2, 0.25) is 5.02 Å². The zero-order valence-corrected chi connectivity index (χ0v) is 10.6. The van der Waals surface area contributed by atoms with Gasteiger partial charge in [0, 0.05) is 6.54 Å². The molecular formula is C11H10Cl2FN3. The van der Waals surface area contributed by atoms with Gasteiger partial charge in [-0.05, 0) is 19.1 Å². The van der Waals surface area contributed by atoms with Crippen LogP contribution in [0.3, 0.4) is 0 Å². The lowest BCUT2D eigenvalue weighted by atomic mass is 10.2. The number of alkyl halides is 1. The zero-order valence-electron chi connectivity index (χ0n) is 9.12. The van der Waals surface area contributed by atoms with E-state index < -0.39 is 5.82 Å². The number of hydrogen-bond acceptors (Lipinski definition) is 2. The van der Waals surface area contributed by atoms with Crippen molar-refractivity contribution in [2.24, 2.45) is 0 Å². The molecule has 0 bridgehead atoms. The molecule has 17 heavy (non-hydrogen) atoms. The van der Waals surface area contributed by atoms with Crippen molar-refractivity contribution in [2.75, 3.05) is 0 Å². The lowest BCUT2D eigenvalue weighted by Gasteiger charge is -2.07. The molecule has 0 amide bonds. The van der Waals surface area contributed by atoms with Crippen molar-refractivity contribution < 1.29 is 4.39 Å². The van der Waals surface area contributed by atoms with Crippen LogP contribution in [0.4, 0.5) is 4.39 Å². The van der Waals surface area contributed by atoms with Crippen LogP contribution in [0, 0.1) is 5.82 Å². The van der Waals surface area contributed by atoms with Crippen LogP contribution in [0.1, 0.15) is 12.7 Å². The number of nitrogens with zero attached hydrogens (tertiary/aromatic N) is 3. The Labute approximate surface area is 108 Å². The summed E-state index contributed by atoms with van der Waals surface area (Å²) in [6.07, 6.45) is 0. The summed E-state index contributed by atoms with van der Waals surface area (Å²) in [5.74, 6) is 0.812. The summed E-state index contributed by atoms with van der Waals surface area (Å²) < 4.78 is 15.6. The fourth-order valence-electron chi connectivity index (χ4n) is 1.64. The molecule has 0 atom stereocenters. The van der Waals surface area contributed by atoms with Crippen LogP contribution in [0.15, 0.2) is 18.2 Å². The fourth-order valence-corrected chi connectivity index (χ4v) is 2.01. The Bertz CT molecular complexity index is 540. The van der Waals surface area contributed by atoms with Crippen LogP contribution < -0.4 is 0 Å². The van der Waals surface area contributed by atoms with E-state index in [4.69, 9.17) is 23.2 Å². The minimum absolute atomic E-state index is 0.0700. The predicted molar refractivity (Wildman–Crippen MR) is 65.7 cm³/mol. The average Bonchev–Trinajstić information content (AvgIpc) is 2.75. The summed E-state index contributed by atoms with van der Waals surface area (Å²) in [4.78, 5) is 0. The number of halogens is 3. The first-order valence-corrected chi connectivity index (χ1v) is 6.02. The minimum Gasteiger partial charge on any atom is -0.310 e. The largest absolute Gasteiger partial charge is 0.310 e. The molecule has 1 heterocycles. The highest BCUT2D eigenvalue weighted by atomic mass is 35.5. The van der Waals surface area contributed by atoms with Crippen LogP contribution in [-0.4, -0.2) is 14.8 Å². The smallest absolute Gasteiger partial charge is 0.167 e. The molecule has 0 unspecified atom stereocenters. The molecular weight excluding hydrogens is 264 g/mol. The normalized spacial score (nSPS) is 10.8. The standard InChI is InChI=1S/C11H10Cl2FN3/c1-2-17-9(6-12)15-16-11(17)7-4-3-5-8(13)10(7)14/h3-5H,2,6H2,1H3. The molecule has 0 saturated carbocycles. The van der Waals surface area contributed by atoms with Crippen molar-refractivity contribution in [2.45, 2.75) is 19.3 Å². The van der Waals surface area contributed by atoms with Gasteiger partial charge in [0.15, 0.2) is 11.6 Å². The number of rotatable bonds is 3. The molecule has 0 aliphatic heterocycles. The Morgan fingerprint density at radius 3 is 2.76 bits per heavy atom. The van der Waals surface area contributed by atoms with Crippen LogP contribution in [0.25, 0.3) is 11.4 Å². The Kier molecular flexibility index (Phi) is 3.64. The Hall–Kier alpha value is -1.13. The van der Waals surface area contributed by atoms with Gasteiger partial charge >= 0.3 is 0 Å². The van der Waals surface area contributed by atoms with E-state index in [1.54, 1.807) is 16.7 Å². The van der Waals surface area contributed by atoms with E-state index >= 15 is 0 Å². The van der Waals surface area contributed by atoms with E-state index in [1.165, 1.54) is 6.07 Å². The third-order valence-electron chi connectivity index (χ3n) is 2.46. The van der Waals surface area contributed by atoms with Crippen molar-refractivity contribution in [1.82, 2.24) is 14.8 Å². The summed E-state index contributed by atoms with van der Waals surface area (Å²) in [6, 6.07) is 4.79. The van der Waals surface area contributed by atoms with Crippen LogP contribution in [-0.2, 0) is 12.4 Å². The zero-order chi connectivity index (χ0) is 12.4. The third kappa shape index (κ3) is 2.15. The first-order chi connectivity index (χ1) is 8.19. The molecule has 3 nitrogen and oxygen atoms in total. The number of benzene rings is 1. The highest BCUT2D eigenvalue weighted by Crippen LogP contribution is 2.26. The van der Waals surface area contributed by atoms with Gasteiger partial charge < -0.3 is 4.57 Å². The first-order valence-electron chi connectivity index (χ1n) is 5.11. The maximum atomic E-state index is 13.9. The van der Waals surface area contributed by atoms with Crippen molar-refractivity contribution in [3.63, 3.8) is 0 Å². The Morgan fingerprint density at radius 2 is 2.12 bits per heavy atom. The number of aromatic nitrogens is 3. The molecule has 0 fully saturated rings. The van der Waals surface area contributed by atoms with Crippen LogP contribution in [0.5, 0.6) is 0 Å². The molecule has 0 aliphatic carbocycles. The topological polar surface area (TPSA) is 30.7 Å². The quantitative estimate of drug-likeness (QED) is 0.802. The summed E-state index contributed by atoms with van der Waals surface area (Å²) >= 11 is 11.5. The van der Waals surface area contributed by atoms with Gasteiger partial charge in [-0.2, -0.15) is 0 Å². The van der Waals surface area contributed by atoms with E-state index in [0.717, 1.165) is 0 Å². The molecule has 0 spiro atoms.